The fraction of sp³-hybridized carbons (Fsp3) is 0.409. The first-order valence-electron chi connectivity index (χ1n) is 10.2. The second-order valence-corrected chi connectivity index (χ2v) is 8.15. The molecule has 2 aromatic rings. The molecule has 4 atom stereocenters. The van der Waals surface area contributed by atoms with Crippen LogP contribution in [0.5, 0.6) is 0 Å². The van der Waals surface area contributed by atoms with E-state index in [0.717, 1.165) is 25.4 Å². The van der Waals surface area contributed by atoms with Gasteiger partial charge in [-0.1, -0.05) is 0 Å². The van der Waals surface area contributed by atoms with E-state index in [0.29, 0.717) is 41.9 Å². The molecule has 0 unspecified atom stereocenters. The smallest absolute Gasteiger partial charge is 0.226 e. The number of halogens is 2. The Morgan fingerprint density at radius 1 is 1.29 bits per heavy atom. The van der Waals surface area contributed by atoms with Crippen molar-refractivity contribution in [2.24, 2.45) is 17.8 Å². The standard InChI is InChI=1S/C22H22F2N6O/c23-17-7-13(8-18(24)9-17)20(1-3-25)29-21(31)14-5-15-11-30(12-16(15)6-14)22-27-4-2-19(10-26)28-22/h2-4,7-9,14-16,20,25H,1,5-6,11-12H2,(H,29,31)/t14-,15+,16-,20-/m0/s1. The molecule has 0 spiro atoms. The summed E-state index contributed by atoms with van der Waals surface area (Å²) < 4.78 is 27.2. The lowest BCUT2D eigenvalue weighted by molar-refractivity contribution is -0.125. The molecular weight excluding hydrogens is 402 g/mol. The minimum Gasteiger partial charge on any atom is -0.349 e. The van der Waals surface area contributed by atoms with Gasteiger partial charge in [0.05, 0.1) is 6.04 Å². The Labute approximate surface area is 178 Å². The topological polar surface area (TPSA) is 106 Å². The molecule has 0 bridgehead atoms. The van der Waals surface area contributed by atoms with Gasteiger partial charge in [0.1, 0.15) is 23.4 Å². The molecule has 31 heavy (non-hydrogen) atoms. The molecule has 2 aliphatic rings. The first kappa shape index (κ1) is 20.8. The number of carbonyl (C=O) groups excluding carboxylic acids is 1. The molecule has 1 aliphatic carbocycles. The maximum absolute atomic E-state index is 13.6. The van der Waals surface area contributed by atoms with Gasteiger partial charge in [0.25, 0.3) is 0 Å². The van der Waals surface area contributed by atoms with Gasteiger partial charge in [-0.2, -0.15) is 5.26 Å². The normalized spacial score (nSPS) is 23.1. The molecule has 4 rings (SSSR count). The van der Waals surface area contributed by atoms with Crippen LogP contribution in [0, 0.1) is 46.1 Å². The van der Waals surface area contributed by atoms with Crippen LogP contribution in [0.1, 0.15) is 36.6 Å². The van der Waals surface area contributed by atoms with E-state index < -0.39 is 17.7 Å². The van der Waals surface area contributed by atoms with Crippen molar-refractivity contribution in [1.29, 1.82) is 10.7 Å². The summed E-state index contributed by atoms with van der Waals surface area (Å²) in [5, 5.41) is 19.3. The van der Waals surface area contributed by atoms with Gasteiger partial charge in [-0.3, -0.25) is 4.79 Å². The molecule has 1 aromatic heterocycles. The van der Waals surface area contributed by atoms with E-state index in [-0.39, 0.29) is 18.2 Å². The van der Waals surface area contributed by atoms with Crippen LogP contribution in [0.15, 0.2) is 30.5 Å². The average Bonchev–Trinajstić information content (AvgIpc) is 3.32. The van der Waals surface area contributed by atoms with Crippen molar-refractivity contribution in [3.63, 3.8) is 0 Å². The Bertz CT molecular complexity index is 1000. The van der Waals surface area contributed by atoms with E-state index in [4.69, 9.17) is 10.7 Å². The van der Waals surface area contributed by atoms with Gasteiger partial charge in [0, 0.05) is 37.7 Å². The van der Waals surface area contributed by atoms with Gasteiger partial charge in [0.2, 0.25) is 11.9 Å². The molecule has 1 aliphatic heterocycles. The molecular formula is C22H22F2N6O. The SMILES string of the molecule is N#Cc1ccnc(N2C[C@H]3C[C@H](C(=O)N[C@@H](CC=N)c4cc(F)cc(F)c4)C[C@H]3C2)n1. The van der Waals surface area contributed by atoms with Crippen LogP contribution in [0.4, 0.5) is 14.7 Å². The summed E-state index contributed by atoms with van der Waals surface area (Å²) in [6.45, 7) is 1.45. The minimum absolute atomic E-state index is 0.153. The van der Waals surface area contributed by atoms with Gasteiger partial charge >= 0.3 is 0 Å². The van der Waals surface area contributed by atoms with Crippen LogP contribution in [-0.2, 0) is 4.79 Å². The molecule has 7 nitrogen and oxygen atoms in total. The first-order chi connectivity index (χ1) is 15.0. The van der Waals surface area contributed by atoms with E-state index in [9.17, 15) is 13.6 Å². The third kappa shape index (κ3) is 4.53. The number of nitrogens with zero attached hydrogens (tertiary/aromatic N) is 4. The number of aromatic nitrogens is 2. The van der Waals surface area contributed by atoms with Gasteiger partial charge < -0.3 is 15.6 Å². The number of hydrogen-bond donors (Lipinski definition) is 2. The molecule has 2 N–H and O–H groups in total. The lowest BCUT2D eigenvalue weighted by atomic mass is 10.0. The van der Waals surface area contributed by atoms with Crippen LogP contribution in [0.25, 0.3) is 0 Å². The molecule has 160 valence electrons. The number of hydrogen-bond acceptors (Lipinski definition) is 6. The van der Waals surface area contributed by atoms with Crippen molar-refractivity contribution in [2.75, 3.05) is 18.0 Å². The Kier molecular flexibility index (Phi) is 5.89. The summed E-state index contributed by atoms with van der Waals surface area (Å²) >= 11 is 0. The summed E-state index contributed by atoms with van der Waals surface area (Å²) in [5.74, 6) is -0.588. The molecule has 1 saturated carbocycles. The van der Waals surface area contributed by atoms with Gasteiger partial charge in [-0.15, -0.1) is 0 Å². The summed E-state index contributed by atoms with van der Waals surface area (Å²) in [6.07, 6.45) is 4.28. The van der Waals surface area contributed by atoms with Crippen molar-refractivity contribution >= 4 is 18.1 Å². The fourth-order valence-corrected chi connectivity index (χ4v) is 4.70. The van der Waals surface area contributed by atoms with Crippen LogP contribution >= 0.6 is 0 Å². The number of rotatable bonds is 6. The number of anilines is 1. The Morgan fingerprint density at radius 3 is 2.58 bits per heavy atom. The van der Waals surface area contributed by atoms with Gasteiger partial charge in [-0.25, -0.2) is 18.7 Å². The number of nitrogens with one attached hydrogen (secondary N) is 2. The third-order valence-electron chi connectivity index (χ3n) is 6.12. The lowest BCUT2D eigenvalue weighted by Crippen LogP contribution is -2.34. The summed E-state index contributed by atoms with van der Waals surface area (Å²) in [6, 6.07) is 6.10. The maximum atomic E-state index is 13.6. The van der Waals surface area contributed by atoms with Crippen LogP contribution in [0.3, 0.4) is 0 Å². The first-order valence-corrected chi connectivity index (χ1v) is 10.2. The number of amides is 1. The number of carbonyl (C=O) groups is 1. The molecule has 0 radical (unpaired) electrons. The zero-order chi connectivity index (χ0) is 22.0. The maximum Gasteiger partial charge on any atom is 0.226 e. The third-order valence-corrected chi connectivity index (χ3v) is 6.12. The zero-order valence-electron chi connectivity index (χ0n) is 16.8. The van der Waals surface area contributed by atoms with E-state index in [1.807, 2.05) is 6.07 Å². The van der Waals surface area contributed by atoms with Gasteiger partial charge in [-0.05, 0) is 54.7 Å². The highest BCUT2D eigenvalue weighted by Crippen LogP contribution is 2.42. The predicted molar refractivity (Wildman–Crippen MR) is 109 cm³/mol. The van der Waals surface area contributed by atoms with E-state index in [1.54, 1.807) is 12.3 Å². The molecule has 1 saturated heterocycles. The summed E-state index contributed by atoms with van der Waals surface area (Å²) in [5.41, 5.74) is 0.638. The van der Waals surface area contributed by atoms with Crippen molar-refractivity contribution in [1.82, 2.24) is 15.3 Å². The molecule has 2 fully saturated rings. The van der Waals surface area contributed by atoms with E-state index in [1.165, 1.54) is 12.1 Å². The van der Waals surface area contributed by atoms with Crippen LogP contribution in [-0.4, -0.2) is 35.2 Å². The average molecular weight is 424 g/mol. The highest BCUT2D eigenvalue weighted by atomic mass is 19.1. The Morgan fingerprint density at radius 2 is 1.97 bits per heavy atom. The zero-order valence-corrected chi connectivity index (χ0v) is 16.8. The minimum atomic E-state index is -0.711. The number of nitriles is 1. The fourth-order valence-electron chi connectivity index (χ4n) is 4.70. The largest absolute Gasteiger partial charge is 0.349 e. The van der Waals surface area contributed by atoms with Crippen molar-refractivity contribution < 1.29 is 13.6 Å². The molecule has 9 heteroatoms. The number of benzene rings is 1. The lowest BCUT2D eigenvalue weighted by Gasteiger charge is -2.22. The Hall–Kier alpha value is -3.41. The Balaban J connectivity index is 1.39. The second-order valence-electron chi connectivity index (χ2n) is 8.15. The highest BCUT2D eigenvalue weighted by Gasteiger charge is 2.44. The second kappa shape index (κ2) is 8.76. The van der Waals surface area contributed by atoms with Crippen molar-refractivity contribution in [2.45, 2.75) is 25.3 Å². The van der Waals surface area contributed by atoms with Gasteiger partial charge in [0.15, 0.2) is 0 Å². The van der Waals surface area contributed by atoms with Crippen LogP contribution < -0.4 is 10.2 Å². The monoisotopic (exact) mass is 424 g/mol. The highest BCUT2D eigenvalue weighted by molar-refractivity contribution is 5.80. The van der Waals surface area contributed by atoms with E-state index in [2.05, 4.69) is 20.2 Å². The van der Waals surface area contributed by atoms with Crippen LogP contribution in [0.2, 0.25) is 0 Å². The molecule has 1 aromatic carbocycles. The predicted octanol–water partition coefficient (Wildman–Crippen LogP) is 2.99. The van der Waals surface area contributed by atoms with Crippen molar-refractivity contribution in [3.8, 4) is 6.07 Å². The quantitative estimate of drug-likeness (QED) is 0.694. The van der Waals surface area contributed by atoms with E-state index >= 15 is 0 Å². The van der Waals surface area contributed by atoms with Crippen molar-refractivity contribution in [3.05, 3.63) is 53.4 Å². The summed E-state index contributed by atoms with van der Waals surface area (Å²) in [4.78, 5) is 23.5. The summed E-state index contributed by atoms with van der Waals surface area (Å²) in [7, 11) is 0. The molecule has 1 amide bonds. The number of fused-ring (bicyclic) bond motifs is 1. The molecule has 2 heterocycles.